The SMILES string of the molecule is CC[C@H](c1ccccc1OC)[C@H](C)CN(C)C. The third-order valence-electron chi connectivity index (χ3n) is 3.32. The lowest BCUT2D eigenvalue weighted by Crippen LogP contribution is -2.24. The van der Waals surface area contributed by atoms with Gasteiger partial charge in [-0.25, -0.2) is 0 Å². The van der Waals surface area contributed by atoms with E-state index < -0.39 is 0 Å². The van der Waals surface area contributed by atoms with Gasteiger partial charge in [-0.05, 0) is 44.0 Å². The van der Waals surface area contributed by atoms with E-state index in [0.29, 0.717) is 11.8 Å². The molecule has 17 heavy (non-hydrogen) atoms. The fraction of sp³-hybridized carbons (Fsp3) is 0.600. The second-order valence-corrected chi connectivity index (χ2v) is 5.00. The Bertz CT molecular complexity index is 335. The van der Waals surface area contributed by atoms with Gasteiger partial charge in [0.2, 0.25) is 0 Å². The molecular formula is C15H25NO. The highest BCUT2D eigenvalue weighted by atomic mass is 16.5. The van der Waals surface area contributed by atoms with E-state index in [0.717, 1.165) is 18.7 Å². The molecule has 2 heteroatoms. The Morgan fingerprint density at radius 1 is 1.24 bits per heavy atom. The summed E-state index contributed by atoms with van der Waals surface area (Å²) in [5.74, 6) is 2.21. The van der Waals surface area contributed by atoms with E-state index in [1.165, 1.54) is 5.56 Å². The molecule has 0 saturated carbocycles. The predicted octanol–water partition coefficient (Wildman–Crippen LogP) is 3.39. The molecule has 0 radical (unpaired) electrons. The van der Waals surface area contributed by atoms with Gasteiger partial charge in [0, 0.05) is 6.54 Å². The number of nitrogens with zero attached hydrogens (tertiary/aromatic N) is 1. The van der Waals surface area contributed by atoms with Gasteiger partial charge in [0.25, 0.3) is 0 Å². The zero-order valence-electron chi connectivity index (χ0n) is 11.7. The molecule has 1 aromatic carbocycles. The molecular weight excluding hydrogens is 210 g/mol. The molecule has 0 amide bonds. The number of para-hydroxylation sites is 1. The van der Waals surface area contributed by atoms with Crippen LogP contribution in [0.25, 0.3) is 0 Å². The fourth-order valence-electron chi connectivity index (χ4n) is 2.60. The van der Waals surface area contributed by atoms with Crippen molar-refractivity contribution in [2.24, 2.45) is 5.92 Å². The van der Waals surface area contributed by atoms with E-state index in [1.54, 1.807) is 7.11 Å². The third kappa shape index (κ3) is 3.74. The van der Waals surface area contributed by atoms with Gasteiger partial charge in [0.05, 0.1) is 7.11 Å². The average Bonchev–Trinajstić information content (AvgIpc) is 2.29. The van der Waals surface area contributed by atoms with Crippen LogP contribution in [0.4, 0.5) is 0 Å². The van der Waals surface area contributed by atoms with E-state index in [4.69, 9.17) is 4.74 Å². The van der Waals surface area contributed by atoms with Crippen LogP contribution in [0, 0.1) is 5.92 Å². The monoisotopic (exact) mass is 235 g/mol. The van der Waals surface area contributed by atoms with E-state index >= 15 is 0 Å². The minimum Gasteiger partial charge on any atom is -0.496 e. The fourth-order valence-corrected chi connectivity index (χ4v) is 2.60. The molecule has 0 spiro atoms. The molecule has 0 N–H and O–H groups in total. The molecule has 0 aliphatic rings. The van der Waals surface area contributed by atoms with Crippen molar-refractivity contribution < 1.29 is 4.74 Å². The molecule has 0 aromatic heterocycles. The largest absolute Gasteiger partial charge is 0.496 e. The number of benzene rings is 1. The van der Waals surface area contributed by atoms with Crippen LogP contribution in [0.5, 0.6) is 5.75 Å². The van der Waals surface area contributed by atoms with Crippen LogP contribution in [0.15, 0.2) is 24.3 Å². The topological polar surface area (TPSA) is 12.5 Å². The lowest BCUT2D eigenvalue weighted by atomic mass is 9.84. The molecule has 1 aromatic rings. The Hall–Kier alpha value is -1.02. The minimum absolute atomic E-state index is 0.563. The molecule has 0 bridgehead atoms. The highest BCUT2D eigenvalue weighted by molar-refractivity contribution is 5.36. The highest BCUT2D eigenvalue weighted by Crippen LogP contribution is 2.34. The Balaban J connectivity index is 2.92. The van der Waals surface area contributed by atoms with Crippen LogP contribution in [0.2, 0.25) is 0 Å². The molecule has 0 aliphatic heterocycles. The summed E-state index contributed by atoms with van der Waals surface area (Å²) in [4.78, 5) is 2.25. The molecule has 1 rings (SSSR count). The first kappa shape index (κ1) is 14.0. The van der Waals surface area contributed by atoms with Crippen molar-refractivity contribution in [1.82, 2.24) is 4.90 Å². The standard InChI is InChI=1S/C15H25NO/c1-6-13(12(2)11-16(3)4)14-9-7-8-10-15(14)17-5/h7-10,12-13H,6,11H2,1-5H3/t12-,13+/m1/s1. The van der Waals surface area contributed by atoms with Gasteiger partial charge in [0.15, 0.2) is 0 Å². The number of hydrogen-bond donors (Lipinski definition) is 0. The van der Waals surface area contributed by atoms with Crippen LogP contribution in [0.1, 0.15) is 31.7 Å². The molecule has 0 fully saturated rings. The summed E-state index contributed by atoms with van der Waals surface area (Å²) in [6.07, 6.45) is 1.15. The maximum atomic E-state index is 5.47. The maximum Gasteiger partial charge on any atom is 0.122 e. The molecule has 2 nitrogen and oxygen atoms in total. The third-order valence-corrected chi connectivity index (χ3v) is 3.32. The van der Waals surface area contributed by atoms with Crippen molar-refractivity contribution in [2.75, 3.05) is 27.7 Å². The van der Waals surface area contributed by atoms with E-state index in [9.17, 15) is 0 Å². The van der Waals surface area contributed by atoms with Crippen LogP contribution in [-0.2, 0) is 0 Å². The lowest BCUT2D eigenvalue weighted by molar-refractivity contribution is 0.296. The number of ether oxygens (including phenoxy) is 1. The second-order valence-electron chi connectivity index (χ2n) is 5.00. The van der Waals surface area contributed by atoms with Crippen LogP contribution < -0.4 is 4.74 Å². The van der Waals surface area contributed by atoms with Gasteiger partial charge < -0.3 is 9.64 Å². The van der Waals surface area contributed by atoms with Gasteiger partial charge in [-0.15, -0.1) is 0 Å². The minimum atomic E-state index is 0.563. The maximum absolute atomic E-state index is 5.47. The first-order valence-corrected chi connectivity index (χ1v) is 6.37. The van der Waals surface area contributed by atoms with Gasteiger partial charge in [-0.3, -0.25) is 0 Å². The summed E-state index contributed by atoms with van der Waals surface area (Å²) >= 11 is 0. The lowest BCUT2D eigenvalue weighted by Gasteiger charge is -2.27. The van der Waals surface area contributed by atoms with Crippen molar-refractivity contribution in [3.63, 3.8) is 0 Å². The van der Waals surface area contributed by atoms with Crippen molar-refractivity contribution in [3.8, 4) is 5.75 Å². The summed E-state index contributed by atoms with van der Waals surface area (Å²) in [5.41, 5.74) is 1.34. The number of hydrogen-bond acceptors (Lipinski definition) is 2. The molecule has 0 unspecified atom stereocenters. The van der Waals surface area contributed by atoms with Gasteiger partial charge >= 0.3 is 0 Å². The quantitative estimate of drug-likeness (QED) is 0.749. The molecule has 0 saturated heterocycles. The van der Waals surface area contributed by atoms with Crippen molar-refractivity contribution >= 4 is 0 Å². The Kier molecular flexibility index (Phi) is 5.49. The van der Waals surface area contributed by atoms with E-state index in [2.05, 4.69) is 51.0 Å². The molecule has 0 heterocycles. The first-order chi connectivity index (χ1) is 8.10. The molecule has 2 atom stereocenters. The normalized spacial score (nSPS) is 14.7. The number of methoxy groups -OCH3 is 1. The van der Waals surface area contributed by atoms with Crippen molar-refractivity contribution in [3.05, 3.63) is 29.8 Å². The highest BCUT2D eigenvalue weighted by Gasteiger charge is 2.20. The van der Waals surface area contributed by atoms with Crippen LogP contribution >= 0.6 is 0 Å². The molecule has 96 valence electrons. The van der Waals surface area contributed by atoms with Crippen molar-refractivity contribution in [1.29, 1.82) is 0 Å². The van der Waals surface area contributed by atoms with Gasteiger partial charge in [-0.1, -0.05) is 32.0 Å². The second kappa shape index (κ2) is 6.65. The Morgan fingerprint density at radius 3 is 2.41 bits per heavy atom. The average molecular weight is 235 g/mol. The Labute approximate surface area is 106 Å². The van der Waals surface area contributed by atoms with E-state index in [-0.39, 0.29) is 0 Å². The zero-order chi connectivity index (χ0) is 12.8. The summed E-state index contributed by atoms with van der Waals surface area (Å²) in [5, 5.41) is 0. The van der Waals surface area contributed by atoms with Crippen LogP contribution in [0.3, 0.4) is 0 Å². The zero-order valence-corrected chi connectivity index (χ0v) is 11.7. The summed E-state index contributed by atoms with van der Waals surface area (Å²) in [6.45, 7) is 5.68. The first-order valence-electron chi connectivity index (χ1n) is 6.37. The molecule has 0 aliphatic carbocycles. The van der Waals surface area contributed by atoms with Gasteiger partial charge in [-0.2, -0.15) is 0 Å². The van der Waals surface area contributed by atoms with Gasteiger partial charge in [0.1, 0.15) is 5.75 Å². The van der Waals surface area contributed by atoms with E-state index in [1.807, 2.05) is 6.07 Å². The predicted molar refractivity (Wildman–Crippen MR) is 73.7 cm³/mol. The number of rotatable bonds is 6. The van der Waals surface area contributed by atoms with Crippen molar-refractivity contribution in [2.45, 2.75) is 26.2 Å². The summed E-state index contributed by atoms with van der Waals surface area (Å²) in [7, 11) is 6.01. The van der Waals surface area contributed by atoms with Crippen LogP contribution in [-0.4, -0.2) is 32.6 Å². The Morgan fingerprint density at radius 2 is 1.88 bits per heavy atom. The smallest absolute Gasteiger partial charge is 0.122 e. The summed E-state index contributed by atoms with van der Waals surface area (Å²) < 4.78 is 5.47. The summed E-state index contributed by atoms with van der Waals surface area (Å²) in [6, 6.07) is 8.38.